The molecule has 3 nitrogen and oxygen atoms in total. The Morgan fingerprint density at radius 2 is 2.20 bits per heavy atom. The Labute approximate surface area is 100 Å². The van der Waals surface area contributed by atoms with Crippen LogP contribution < -0.4 is 0 Å². The van der Waals surface area contributed by atoms with Crippen LogP contribution in [0.15, 0.2) is 0 Å². The molecule has 4 heteroatoms. The Balaban J connectivity index is 2.50. The first-order chi connectivity index (χ1) is 7.02. The van der Waals surface area contributed by atoms with Gasteiger partial charge in [-0.1, -0.05) is 29.8 Å². The van der Waals surface area contributed by atoms with E-state index in [1.165, 1.54) is 0 Å². The Morgan fingerprint density at radius 1 is 1.53 bits per heavy atom. The van der Waals surface area contributed by atoms with Crippen molar-refractivity contribution in [2.75, 3.05) is 18.4 Å². The average molecular weight is 278 g/mol. The minimum Gasteiger partial charge on any atom is -0.371 e. The van der Waals surface area contributed by atoms with Gasteiger partial charge in [0.15, 0.2) is 0 Å². The number of alkyl halides is 1. The van der Waals surface area contributed by atoms with Crippen LogP contribution in [0, 0.1) is 5.92 Å². The zero-order valence-corrected chi connectivity index (χ0v) is 11.3. The first-order valence-corrected chi connectivity index (χ1v) is 6.64. The van der Waals surface area contributed by atoms with E-state index in [1.807, 2.05) is 11.8 Å². The maximum atomic E-state index is 11.9. The van der Waals surface area contributed by atoms with Gasteiger partial charge in [0.2, 0.25) is 5.91 Å². The van der Waals surface area contributed by atoms with Gasteiger partial charge in [-0.3, -0.25) is 4.79 Å². The molecule has 0 aromatic heterocycles. The second kappa shape index (κ2) is 5.85. The van der Waals surface area contributed by atoms with Crippen molar-refractivity contribution in [3.8, 4) is 0 Å². The lowest BCUT2D eigenvalue weighted by atomic mass is 10.1. The summed E-state index contributed by atoms with van der Waals surface area (Å²) >= 11 is 3.40. The number of ether oxygens (including phenoxy) is 1. The summed E-state index contributed by atoms with van der Waals surface area (Å²) in [7, 11) is 0. The summed E-state index contributed by atoms with van der Waals surface area (Å²) in [6.45, 7) is 7.62. The van der Waals surface area contributed by atoms with Crippen LogP contribution >= 0.6 is 15.9 Å². The fraction of sp³-hybridized carbons (Fsp3) is 0.909. The molecule has 1 aliphatic heterocycles. The number of hydrogen-bond donors (Lipinski definition) is 0. The van der Waals surface area contributed by atoms with E-state index in [9.17, 15) is 4.79 Å². The maximum absolute atomic E-state index is 11.9. The van der Waals surface area contributed by atoms with Crippen molar-refractivity contribution in [3.05, 3.63) is 0 Å². The van der Waals surface area contributed by atoms with E-state index in [0.29, 0.717) is 12.3 Å². The molecule has 2 atom stereocenters. The largest absolute Gasteiger partial charge is 0.371 e. The van der Waals surface area contributed by atoms with Gasteiger partial charge in [-0.05, 0) is 12.8 Å². The van der Waals surface area contributed by atoms with Crippen molar-refractivity contribution in [2.24, 2.45) is 5.92 Å². The fourth-order valence-corrected chi connectivity index (χ4v) is 2.17. The lowest BCUT2D eigenvalue weighted by Crippen LogP contribution is -2.49. The lowest BCUT2D eigenvalue weighted by molar-refractivity contribution is -0.143. The number of carbonyl (C=O) groups is 1. The normalized spacial score (nSPS) is 27.1. The summed E-state index contributed by atoms with van der Waals surface area (Å²) < 4.78 is 5.68. The highest BCUT2D eigenvalue weighted by Crippen LogP contribution is 2.15. The van der Waals surface area contributed by atoms with Crippen LogP contribution in [-0.2, 0) is 9.53 Å². The Hall–Kier alpha value is -0.0900. The number of morpholine rings is 1. The molecule has 0 spiro atoms. The summed E-state index contributed by atoms with van der Waals surface area (Å²) in [5, 5.41) is 0.794. The van der Waals surface area contributed by atoms with Crippen LogP contribution in [0.5, 0.6) is 0 Å². The Bertz CT molecular complexity index is 221. The number of hydrogen-bond acceptors (Lipinski definition) is 2. The van der Waals surface area contributed by atoms with E-state index in [0.717, 1.165) is 18.4 Å². The van der Waals surface area contributed by atoms with E-state index in [-0.39, 0.29) is 18.1 Å². The molecule has 0 N–H and O–H groups in total. The smallest absolute Gasteiger partial charge is 0.223 e. The third-order valence-corrected chi connectivity index (χ3v) is 3.16. The second-order valence-electron chi connectivity index (χ2n) is 4.62. The molecule has 1 heterocycles. The van der Waals surface area contributed by atoms with Crippen LogP contribution in [0.2, 0.25) is 0 Å². The zero-order chi connectivity index (χ0) is 11.4. The third kappa shape index (κ3) is 4.11. The molecular weight excluding hydrogens is 258 g/mol. The van der Waals surface area contributed by atoms with Gasteiger partial charge in [-0.15, -0.1) is 0 Å². The minimum absolute atomic E-state index is 0.143. The van der Waals surface area contributed by atoms with Crippen LogP contribution in [0.4, 0.5) is 0 Å². The summed E-state index contributed by atoms with van der Waals surface area (Å²) in [6.07, 6.45) is 0.934. The van der Waals surface area contributed by atoms with Gasteiger partial charge < -0.3 is 9.64 Å². The Kier molecular flexibility index (Phi) is 5.06. The van der Waals surface area contributed by atoms with Crippen molar-refractivity contribution in [1.82, 2.24) is 4.90 Å². The highest BCUT2D eigenvalue weighted by atomic mass is 79.9. The van der Waals surface area contributed by atoms with Gasteiger partial charge in [0.05, 0.1) is 12.2 Å². The quantitative estimate of drug-likeness (QED) is 0.739. The molecule has 0 aromatic rings. The summed E-state index contributed by atoms with van der Waals surface area (Å²) in [4.78, 5) is 13.8. The first-order valence-electron chi connectivity index (χ1n) is 5.52. The average Bonchev–Trinajstić information content (AvgIpc) is 2.15. The maximum Gasteiger partial charge on any atom is 0.223 e. The molecule has 1 amide bonds. The number of halogens is 1. The van der Waals surface area contributed by atoms with E-state index >= 15 is 0 Å². The van der Waals surface area contributed by atoms with Crippen LogP contribution in [0.1, 0.15) is 27.2 Å². The van der Waals surface area contributed by atoms with Crippen molar-refractivity contribution in [1.29, 1.82) is 0 Å². The van der Waals surface area contributed by atoms with Crippen molar-refractivity contribution < 1.29 is 9.53 Å². The van der Waals surface area contributed by atoms with E-state index in [4.69, 9.17) is 4.74 Å². The molecular formula is C11H20BrNO2. The number of carbonyl (C=O) groups excluding carboxylic acids is 1. The van der Waals surface area contributed by atoms with E-state index in [1.54, 1.807) is 0 Å². The molecule has 0 aliphatic carbocycles. The number of amides is 1. The van der Waals surface area contributed by atoms with Gasteiger partial charge in [0, 0.05) is 24.8 Å². The molecule has 1 rings (SSSR count). The van der Waals surface area contributed by atoms with Crippen molar-refractivity contribution in [3.63, 3.8) is 0 Å². The van der Waals surface area contributed by atoms with Gasteiger partial charge >= 0.3 is 0 Å². The monoisotopic (exact) mass is 277 g/mol. The van der Waals surface area contributed by atoms with Crippen molar-refractivity contribution in [2.45, 2.75) is 39.4 Å². The highest BCUT2D eigenvalue weighted by Gasteiger charge is 2.27. The molecule has 0 aromatic carbocycles. The van der Waals surface area contributed by atoms with Gasteiger partial charge in [0.25, 0.3) is 0 Å². The van der Waals surface area contributed by atoms with Crippen LogP contribution in [0.25, 0.3) is 0 Å². The van der Waals surface area contributed by atoms with Crippen molar-refractivity contribution >= 4 is 21.8 Å². The van der Waals surface area contributed by atoms with Gasteiger partial charge in [-0.25, -0.2) is 0 Å². The predicted octanol–water partition coefficient (Wildman–Crippen LogP) is 2.04. The second-order valence-corrected chi connectivity index (χ2v) is 5.27. The summed E-state index contributed by atoms with van der Waals surface area (Å²) in [6, 6.07) is 0. The van der Waals surface area contributed by atoms with Gasteiger partial charge in [0.1, 0.15) is 0 Å². The molecule has 1 fully saturated rings. The molecule has 0 radical (unpaired) electrons. The molecule has 15 heavy (non-hydrogen) atoms. The predicted molar refractivity (Wildman–Crippen MR) is 64.2 cm³/mol. The zero-order valence-electron chi connectivity index (χ0n) is 9.70. The molecule has 0 bridgehead atoms. The molecule has 88 valence electrons. The SMILES string of the molecule is CC(C)CC(=O)N1CC(C)OC(CBr)C1. The van der Waals surface area contributed by atoms with Gasteiger partial charge in [-0.2, -0.15) is 0 Å². The molecule has 0 saturated carbocycles. The topological polar surface area (TPSA) is 29.5 Å². The van der Waals surface area contributed by atoms with Crippen LogP contribution in [0.3, 0.4) is 0 Å². The number of rotatable bonds is 3. The van der Waals surface area contributed by atoms with Crippen LogP contribution in [-0.4, -0.2) is 41.4 Å². The van der Waals surface area contributed by atoms with E-state index < -0.39 is 0 Å². The molecule has 2 unspecified atom stereocenters. The fourth-order valence-electron chi connectivity index (χ4n) is 1.81. The molecule has 1 aliphatic rings. The molecule has 1 saturated heterocycles. The third-order valence-electron chi connectivity index (χ3n) is 2.43. The van der Waals surface area contributed by atoms with E-state index in [2.05, 4.69) is 29.8 Å². The first kappa shape index (κ1) is 13.0. The standard InChI is InChI=1S/C11H20BrNO2/c1-8(2)4-11(14)13-6-9(3)15-10(5-12)7-13/h8-10H,4-7H2,1-3H3. The summed E-state index contributed by atoms with van der Waals surface area (Å²) in [5.41, 5.74) is 0. The highest BCUT2D eigenvalue weighted by molar-refractivity contribution is 9.09. The minimum atomic E-state index is 0.143. The Morgan fingerprint density at radius 3 is 2.73 bits per heavy atom. The lowest BCUT2D eigenvalue weighted by Gasteiger charge is -2.36. The summed E-state index contributed by atoms with van der Waals surface area (Å²) in [5.74, 6) is 0.684. The number of nitrogens with zero attached hydrogens (tertiary/aromatic N) is 1.